The molecule has 1 aromatic carbocycles. The number of hydrogen-bond acceptors (Lipinski definition) is 3. The lowest BCUT2D eigenvalue weighted by Gasteiger charge is -2.25. The van der Waals surface area contributed by atoms with E-state index in [1.165, 1.54) is 19.3 Å². The van der Waals surface area contributed by atoms with Crippen LogP contribution in [0.1, 0.15) is 35.2 Å². The van der Waals surface area contributed by atoms with Crippen molar-refractivity contribution in [3.8, 4) is 0 Å². The van der Waals surface area contributed by atoms with Crippen molar-refractivity contribution in [2.45, 2.75) is 25.8 Å². The van der Waals surface area contributed by atoms with E-state index in [1.54, 1.807) is 18.4 Å². The van der Waals surface area contributed by atoms with E-state index in [0.29, 0.717) is 5.58 Å². The van der Waals surface area contributed by atoms with Gasteiger partial charge in [-0.15, -0.1) is 0 Å². The van der Waals surface area contributed by atoms with Crippen LogP contribution < -0.4 is 0 Å². The summed E-state index contributed by atoms with van der Waals surface area (Å²) >= 11 is 0. The van der Waals surface area contributed by atoms with Crippen LogP contribution in [0.25, 0.3) is 11.0 Å². The van der Waals surface area contributed by atoms with E-state index >= 15 is 0 Å². The van der Waals surface area contributed by atoms with Crippen LogP contribution in [0.4, 0.5) is 0 Å². The first kappa shape index (κ1) is 12.2. The van der Waals surface area contributed by atoms with Gasteiger partial charge >= 0.3 is 5.97 Å². The molecular weight excluding hydrogens is 242 g/mol. The van der Waals surface area contributed by atoms with E-state index in [-0.39, 0.29) is 5.56 Å². The maximum absolute atomic E-state index is 11.1. The fourth-order valence-corrected chi connectivity index (χ4v) is 2.76. The molecule has 1 N–H and O–H groups in total. The first-order valence-electron chi connectivity index (χ1n) is 6.70. The van der Waals surface area contributed by atoms with Crippen molar-refractivity contribution in [1.82, 2.24) is 4.90 Å². The molecular formula is C15H17NO3. The van der Waals surface area contributed by atoms with E-state index in [2.05, 4.69) is 4.90 Å². The van der Waals surface area contributed by atoms with Gasteiger partial charge in [-0.1, -0.05) is 18.6 Å². The van der Waals surface area contributed by atoms with Gasteiger partial charge in [0, 0.05) is 17.5 Å². The van der Waals surface area contributed by atoms with Gasteiger partial charge in [0.2, 0.25) is 0 Å². The largest absolute Gasteiger partial charge is 0.478 e. The molecule has 0 amide bonds. The molecule has 1 aromatic heterocycles. The van der Waals surface area contributed by atoms with Gasteiger partial charge in [0.15, 0.2) is 0 Å². The second kappa shape index (κ2) is 5.05. The molecule has 1 fully saturated rings. The monoisotopic (exact) mass is 259 g/mol. The third kappa shape index (κ3) is 2.36. The summed E-state index contributed by atoms with van der Waals surface area (Å²) < 4.78 is 5.48. The van der Waals surface area contributed by atoms with E-state index in [1.807, 2.05) is 6.07 Å². The van der Waals surface area contributed by atoms with Crippen LogP contribution in [0.15, 0.2) is 28.9 Å². The van der Waals surface area contributed by atoms with Gasteiger partial charge in [0.05, 0.1) is 6.26 Å². The van der Waals surface area contributed by atoms with Crippen LogP contribution in [0.2, 0.25) is 0 Å². The second-order valence-electron chi connectivity index (χ2n) is 5.09. The Hall–Kier alpha value is -1.81. The first-order chi connectivity index (χ1) is 9.25. The number of carbonyl (C=O) groups is 1. The highest BCUT2D eigenvalue weighted by Gasteiger charge is 2.17. The molecule has 3 rings (SSSR count). The van der Waals surface area contributed by atoms with Gasteiger partial charge in [-0.2, -0.15) is 0 Å². The molecule has 0 saturated carbocycles. The molecule has 4 nitrogen and oxygen atoms in total. The maximum Gasteiger partial charge on any atom is 0.339 e. The molecule has 1 aliphatic heterocycles. The predicted molar refractivity (Wildman–Crippen MR) is 72.3 cm³/mol. The summed E-state index contributed by atoms with van der Waals surface area (Å²) in [4.78, 5) is 13.5. The summed E-state index contributed by atoms with van der Waals surface area (Å²) in [6.45, 7) is 3.08. The Kier molecular flexibility index (Phi) is 3.25. The lowest BCUT2D eigenvalue weighted by Crippen LogP contribution is -2.28. The van der Waals surface area contributed by atoms with Crippen molar-refractivity contribution in [2.75, 3.05) is 13.1 Å². The van der Waals surface area contributed by atoms with Crippen molar-refractivity contribution in [3.63, 3.8) is 0 Å². The third-order valence-electron chi connectivity index (χ3n) is 3.75. The lowest BCUT2D eigenvalue weighted by atomic mass is 10.1. The minimum absolute atomic E-state index is 0.238. The SMILES string of the molecule is O=C(O)c1cccc2c(CN3CCCCC3)coc12. The fraction of sp³-hybridized carbons (Fsp3) is 0.400. The highest BCUT2D eigenvalue weighted by molar-refractivity contribution is 6.01. The summed E-state index contributed by atoms with van der Waals surface area (Å²) in [6.07, 6.45) is 5.50. The number of para-hydroxylation sites is 1. The summed E-state index contributed by atoms with van der Waals surface area (Å²) in [6, 6.07) is 5.30. The topological polar surface area (TPSA) is 53.7 Å². The summed E-state index contributed by atoms with van der Waals surface area (Å²) in [7, 11) is 0. The Morgan fingerprint density at radius 3 is 2.79 bits per heavy atom. The Labute approximate surface area is 111 Å². The standard InChI is InChI=1S/C15H17NO3/c17-15(18)13-6-4-5-12-11(10-19-14(12)13)9-16-7-2-1-3-8-16/h4-6,10H,1-3,7-9H2,(H,17,18). The molecule has 0 atom stereocenters. The predicted octanol–water partition coefficient (Wildman–Crippen LogP) is 3.12. The number of furan rings is 1. The molecule has 2 heterocycles. The first-order valence-corrected chi connectivity index (χ1v) is 6.70. The average Bonchev–Trinajstić information content (AvgIpc) is 2.83. The Morgan fingerprint density at radius 2 is 2.05 bits per heavy atom. The van der Waals surface area contributed by atoms with Crippen LogP contribution in [-0.4, -0.2) is 29.1 Å². The molecule has 1 saturated heterocycles. The molecule has 19 heavy (non-hydrogen) atoms. The Morgan fingerprint density at radius 1 is 1.26 bits per heavy atom. The fourth-order valence-electron chi connectivity index (χ4n) is 2.76. The summed E-state index contributed by atoms with van der Waals surface area (Å²) in [5, 5.41) is 10.1. The van der Waals surface area contributed by atoms with Gasteiger partial charge in [0.1, 0.15) is 11.1 Å². The third-order valence-corrected chi connectivity index (χ3v) is 3.75. The van der Waals surface area contributed by atoms with Crippen molar-refractivity contribution >= 4 is 16.9 Å². The minimum Gasteiger partial charge on any atom is -0.478 e. The van der Waals surface area contributed by atoms with Gasteiger partial charge in [-0.25, -0.2) is 4.79 Å². The highest BCUT2D eigenvalue weighted by atomic mass is 16.4. The number of rotatable bonds is 3. The molecule has 0 radical (unpaired) electrons. The average molecular weight is 259 g/mol. The minimum atomic E-state index is -0.940. The van der Waals surface area contributed by atoms with Crippen LogP contribution in [-0.2, 0) is 6.54 Å². The van der Waals surface area contributed by atoms with Crippen molar-refractivity contribution < 1.29 is 14.3 Å². The van der Waals surface area contributed by atoms with E-state index in [4.69, 9.17) is 9.52 Å². The summed E-state index contributed by atoms with van der Waals surface area (Å²) in [5.74, 6) is -0.940. The van der Waals surface area contributed by atoms with Crippen molar-refractivity contribution in [2.24, 2.45) is 0 Å². The number of carboxylic acids is 1. The van der Waals surface area contributed by atoms with Crippen LogP contribution >= 0.6 is 0 Å². The molecule has 1 aliphatic rings. The molecule has 0 spiro atoms. The number of aromatic carboxylic acids is 1. The number of fused-ring (bicyclic) bond motifs is 1. The Bertz CT molecular complexity index is 596. The molecule has 0 aliphatic carbocycles. The molecule has 2 aromatic rings. The van der Waals surface area contributed by atoms with Crippen LogP contribution in [0.3, 0.4) is 0 Å². The molecule has 4 heteroatoms. The van der Waals surface area contributed by atoms with E-state index < -0.39 is 5.97 Å². The number of benzene rings is 1. The number of nitrogens with zero attached hydrogens (tertiary/aromatic N) is 1. The zero-order valence-electron chi connectivity index (χ0n) is 10.8. The number of carboxylic acid groups (broad SMARTS) is 1. The summed E-state index contributed by atoms with van der Waals surface area (Å²) in [5.41, 5.74) is 1.81. The van der Waals surface area contributed by atoms with Gasteiger partial charge < -0.3 is 9.52 Å². The number of hydrogen-bond donors (Lipinski definition) is 1. The van der Waals surface area contributed by atoms with Gasteiger partial charge in [0.25, 0.3) is 0 Å². The lowest BCUT2D eigenvalue weighted by molar-refractivity contribution is 0.0698. The molecule has 100 valence electrons. The zero-order chi connectivity index (χ0) is 13.2. The second-order valence-corrected chi connectivity index (χ2v) is 5.09. The van der Waals surface area contributed by atoms with Gasteiger partial charge in [-0.3, -0.25) is 4.90 Å². The quantitative estimate of drug-likeness (QED) is 0.920. The Balaban J connectivity index is 1.92. The van der Waals surface area contributed by atoms with Crippen molar-refractivity contribution in [3.05, 3.63) is 35.6 Å². The smallest absolute Gasteiger partial charge is 0.339 e. The van der Waals surface area contributed by atoms with Crippen molar-refractivity contribution in [1.29, 1.82) is 0 Å². The van der Waals surface area contributed by atoms with Crippen LogP contribution in [0.5, 0.6) is 0 Å². The van der Waals surface area contributed by atoms with Crippen LogP contribution in [0, 0.1) is 0 Å². The zero-order valence-corrected chi connectivity index (χ0v) is 10.8. The molecule has 0 unspecified atom stereocenters. The molecule has 0 bridgehead atoms. The highest BCUT2D eigenvalue weighted by Crippen LogP contribution is 2.26. The van der Waals surface area contributed by atoms with E-state index in [0.717, 1.165) is 30.6 Å². The maximum atomic E-state index is 11.1. The van der Waals surface area contributed by atoms with E-state index in [9.17, 15) is 4.79 Å². The normalized spacial score (nSPS) is 16.8. The van der Waals surface area contributed by atoms with Gasteiger partial charge in [-0.05, 0) is 32.0 Å². The number of likely N-dealkylation sites (tertiary alicyclic amines) is 1. The number of piperidine rings is 1.